The van der Waals surface area contributed by atoms with Gasteiger partial charge in [-0.05, 0) is 55.6 Å². The van der Waals surface area contributed by atoms with Crippen molar-refractivity contribution in [2.24, 2.45) is 5.92 Å². The molecule has 3 aliphatic rings. The SMILES string of the molecule is C=C[C@H](I)C(NC(=O)[C@@H]1C[C@@H]2CN1C(=O)[C@H](C(C)C)NC(=O)OCCCCCc1cccc(c1)CO2)C(=O)NS(=O)(=O)C1CC1. The van der Waals surface area contributed by atoms with Crippen LogP contribution in [0.2, 0.25) is 0 Å². The van der Waals surface area contributed by atoms with Gasteiger partial charge in [0.05, 0.1) is 28.5 Å². The molecule has 3 N–H and O–H groups in total. The second-order valence-corrected chi connectivity index (χ2v) is 15.6. The monoisotopic (exact) mass is 758 g/mol. The number of nitrogens with zero attached hydrogens (tertiary/aromatic N) is 1. The van der Waals surface area contributed by atoms with E-state index in [0.717, 1.165) is 24.8 Å². The van der Waals surface area contributed by atoms with Crippen molar-refractivity contribution in [2.45, 2.75) is 98.8 Å². The maximum absolute atomic E-state index is 14.0. The van der Waals surface area contributed by atoms with Gasteiger partial charge < -0.3 is 25.0 Å². The standard InChI is InChI=1S/C31H43IN4O8S/c1-4-24(32)27(29(38)35-45(41,42)23-12-13-23)33-28(37)25-16-22-17-36(25)30(39)26(19(2)3)34-31(40)43-14-7-5-6-9-20-10-8-11-21(15-20)18-44-22/h4,8,10-11,15,19,22-27H,1,5-7,9,12-14,16-18H2,2-3H3,(H,33,37)(H,34,40)(H,35,38)/t22-,24+,25+,26+,27?/m1/s1. The van der Waals surface area contributed by atoms with E-state index in [2.05, 4.69) is 34.1 Å². The molecule has 4 bridgehead atoms. The van der Waals surface area contributed by atoms with Crippen LogP contribution in [0.5, 0.6) is 0 Å². The van der Waals surface area contributed by atoms with Gasteiger partial charge in [-0.3, -0.25) is 19.1 Å². The van der Waals surface area contributed by atoms with Crippen molar-refractivity contribution >= 4 is 56.4 Å². The number of rotatable bonds is 8. The Kier molecular flexibility index (Phi) is 12.3. The summed E-state index contributed by atoms with van der Waals surface area (Å²) in [4.78, 5) is 54.9. The van der Waals surface area contributed by atoms with Gasteiger partial charge in [-0.25, -0.2) is 13.2 Å². The number of amides is 4. The molecule has 4 rings (SSSR count). The summed E-state index contributed by atoms with van der Waals surface area (Å²) in [5.41, 5.74) is 2.14. The van der Waals surface area contributed by atoms with E-state index in [9.17, 15) is 27.6 Å². The highest BCUT2D eigenvalue weighted by molar-refractivity contribution is 14.1. The molecule has 12 nitrogen and oxygen atoms in total. The van der Waals surface area contributed by atoms with Crippen LogP contribution < -0.4 is 15.4 Å². The minimum atomic E-state index is -3.86. The molecule has 2 heterocycles. The molecule has 5 atom stereocenters. The van der Waals surface area contributed by atoms with Gasteiger partial charge in [0, 0.05) is 13.0 Å². The zero-order valence-corrected chi connectivity index (χ0v) is 28.7. The van der Waals surface area contributed by atoms with Crippen LogP contribution in [-0.4, -0.2) is 83.7 Å². The average molecular weight is 759 g/mol. The molecule has 1 saturated carbocycles. The Morgan fingerprint density at radius 1 is 1.16 bits per heavy atom. The summed E-state index contributed by atoms with van der Waals surface area (Å²) in [6.07, 6.45) is 4.68. The lowest BCUT2D eigenvalue weighted by Crippen LogP contribution is -2.59. The van der Waals surface area contributed by atoms with Gasteiger partial charge in [0.2, 0.25) is 21.8 Å². The molecule has 1 aliphatic carbocycles. The first kappa shape index (κ1) is 35.1. The van der Waals surface area contributed by atoms with E-state index in [1.54, 1.807) is 13.8 Å². The van der Waals surface area contributed by atoms with Crippen molar-refractivity contribution in [3.05, 3.63) is 48.0 Å². The number of sulfonamides is 1. The Labute approximate surface area is 278 Å². The zero-order chi connectivity index (χ0) is 32.7. The number of alkyl halides is 1. The van der Waals surface area contributed by atoms with Crippen LogP contribution in [0.1, 0.15) is 63.5 Å². The first-order chi connectivity index (χ1) is 21.4. The minimum Gasteiger partial charge on any atom is -0.450 e. The Hall–Kier alpha value is -2.72. The summed E-state index contributed by atoms with van der Waals surface area (Å²) in [5.74, 6) is -2.32. The Morgan fingerprint density at radius 2 is 1.89 bits per heavy atom. The topological polar surface area (TPSA) is 160 Å². The highest BCUT2D eigenvalue weighted by atomic mass is 127. The lowest BCUT2D eigenvalue weighted by atomic mass is 10.0. The fourth-order valence-corrected chi connectivity index (χ4v) is 7.31. The number of hydrogen-bond donors (Lipinski definition) is 3. The average Bonchev–Trinajstić information content (AvgIpc) is 3.78. The van der Waals surface area contributed by atoms with E-state index in [0.29, 0.717) is 19.3 Å². The van der Waals surface area contributed by atoms with Crippen LogP contribution >= 0.6 is 22.6 Å². The van der Waals surface area contributed by atoms with Crippen molar-refractivity contribution in [1.29, 1.82) is 0 Å². The number of carbonyl (C=O) groups excluding carboxylic acids is 4. The normalized spacial score (nSPS) is 24.8. The molecule has 4 amide bonds. The molecule has 2 fully saturated rings. The fraction of sp³-hybridized carbons (Fsp3) is 0.613. The molecule has 0 aromatic heterocycles. The summed E-state index contributed by atoms with van der Waals surface area (Å²) < 4.78 is 38.0. The van der Waals surface area contributed by atoms with Crippen LogP contribution in [-0.2, 0) is 46.9 Å². The summed E-state index contributed by atoms with van der Waals surface area (Å²) in [7, 11) is -3.86. The van der Waals surface area contributed by atoms with Gasteiger partial charge in [-0.1, -0.05) is 66.8 Å². The number of carbonyl (C=O) groups is 4. The second-order valence-electron chi connectivity index (χ2n) is 12.2. The van der Waals surface area contributed by atoms with Gasteiger partial charge in [-0.15, -0.1) is 6.58 Å². The Morgan fingerprint density at radius 3 is 2.58 bits per heavy atom. The molecule has 1 aromatic rings. The lowest BCUT2D eigenvalue weighted by molar-refractivity contribution is -0.141. The molecule has 1 aromatic carbocycles. The quantitative estimate of drug-likeness (QED) is 0.208. The maximum atomic E-state index is 14.0. The van der Waals surface area contributed by atoms with E-state index in [1.807, 2.05) is 34.7 Å². The summed E-state index contributed by atoms with van der Waals surface area (Å²) >= 11 is 1.90. The number of fused-ring (bicyclic) bond motifs is 4. The molecular weight excluding hydrogens is 715 g/mol. The van der Waals surface area contributed by atoms with Crippen molar-refractivity contribution in [3.63, 3.8) is 0 Å². The van der Waals surface area contributed by atoms with Gasteiger partial charge in [0.15, 0.2) is 0 Å². The number of halogens is 1. The summed E-state index contributed by atoms with van der Waals surface area (Å²) in [6.45, 7) is 7.85. The van der Waals surface area contributed by atoms with Crippen LogP contribution in [0.4, 0.5) is 4.79 Å². The van der Waals surface area contributed by atoms with Gasteiger partial charge in [0.25, 0.3) is 5.91 Å². The Balaban J connectivity index is 1.58. The lowest BCUT2D eigenvalue weighted by Gasteiger charge is -2.31. The maximum Gasteiger partial charge on any atom is 0.407 e. The van der Waals surface area contributed by atoms with Crippen LogP contribution in [0.15, 0.2) is 36.9 Å². The third-order valence-electron chi connectivity index (χ3n) is 8.20. The van der Waals surface area contributed by atoms with Crippen molar-refractivity contribution in [3.8, 4) is 0 Å². The van der Waals surface area contributed by atoms with Crippen molar-refractivity contribution < 1.29 is 37.1 Å². The number of benzene rings is 1. The minimum absolute atomic E-state index is 0.0819. The van der Waals surface area contributed by atoms with Crippen LogP contribution in [0, 0.1) is 5.92 Å². The molecule has 0 spiro atoms. The number of hydrogen-bond acceptors (Lipinski definition) is 8. The number of alkyl carbamates (subject to hydrolysis) is 1. The fourth-order valence-electron chi connectivity index (χ4n) is 5.47. The van der Waals surface area contributed by atoms with E-state index in [-0.39, 0.29) is 32.1 Å². The second kappa shape index (κ2) is 15.7. The predicted molar refractivity (Wildman–Crippen MR) is 176 cm³/mol. The molecule has 248 valence electrons. The smallest absolute Gasteiger partial charge is 0.407 e. The number of cyclic esters (lactones) is 1. The summed E-state index contributed by atoms with van der Waals surface area (Å²) in [5, 5.41) is 4.73. The predicted octanol–water partition coefficient (Wildman–Crippen LogP) is 2.73. The van der Waals surface area contributed by atoms with Crippen molar-refractivity contribution in [2.75, 3.05) is 13.2 Å². The summed E-state index contributed by atoms with van der Waals surface area (Å²) in [6, 6.07) is 4.81. The first-order valence-corrected chi connectivity index (χ1v) is 18.2. The largest absolute Gasteiger partial charge is 0.450 e. The van der Waals surface area contributed by atoms with Gasteiger partial charge in [-0.2, -0.15) is 0 Å². The number of ether oxygens (including phenoxy) is 2. The van der Waals surface area contributed by atoms with Crippen LogP contribution in [0.3, 0.4) is 0 Å². The van der Waals surface area contributed by atoms with Gasteiger partial charge >= 0.3 is 6.09 Å². The third-order valence-corrected chi connectivity index (χ3v) is 11.3. The molecule has 0 radical (unpaired) electrons. The van der Waals surface area contributed by atoms with E-state index >= 15 is 0 Å². The number of nitrogens with one attached hydrogen (secondary N) is 3. The Bertz CT molecular complexity index is 1370. The van der Waals surface area contributed by atoms with Gasteiger partial charge in [0.1, 0.15) is 18.1 Å². The van der Waals surface area contributed by atoms with E-state index < -0.39 is 67.2 Å². The molecule has 1 unspecified atom stereocenters. The first-order valence-electron chi connectivity index (χ1n) is 15.4. The third kappa shape index (κ3) is 9.64. The highest BCUT2D eigenvalue weighted by Gasteiger charge is 2.45. The van der Waals surface area contributed by atoms with E-state index in [1.165, 1.54) is 16.5 Å². The van der Waals surface area contributed by atoms with E-state index in [4.69, 9.17) is 9.47 Å². The molecule has 45 heavy (non-hydrogen) atoms. The molecular formula is C31H43IN4O8S. The number of aryl methyl sites for hydroxylation is 1. The zero-order valence-electron chi connectivity index (χ0n) is 25.7. The van der Waals surface area contributed by atoms with Crippen molar-refractivity contribution in [1.82, 2.24) is 20.3 Å². The molecule has 14 heteroatoms. The van der Waals surface area contributed by atoms with Crippen LogP contribution in [0.25, 0.3) is 0 Å². The highest BCUT2D eigenvalue weighted by Crippen LogP contribution is 2.28. The molecule has 1 saturated heterocycles. The molecule has 2 aliphatic heterocycles.